The van der Waals surface area contributed by atoms with Crippen LogP contribution in [-0.2, 0) is 16.0 Å². The average Bonchev–Trinajstić information content (AvgIpc) is 2.79. The fourth-order valence-electron chi connectivity index (χ4n) is 1.59. The zero-order chi connectivity index (χ0) is 15.1. The van der Waals surface area contributed by atoms with Crippen LogP contribution < -0.4 is 16.4 Å². The molecule has 6 N–H and O–H groups in total. The van der Waals surface area contributed by atoms with Crippen LogP contribution in [0.5, 0.6) is 0 Å². The van der Waals surface area contributed by atoms with E-state index >= 15 is 0 Å². The molecule has 9 nitrogen and oxygen atoms in total. The summed E-state index contributed by atoms with van der Waals surface area (Å²) in [7, 11) is 0. The highest BCUT2D eigenvalue weighted by molar-refractivity contribution is 5.83. The third-order valence-electron chi connectivity index (χ3n) is 2.47. The summed E-state index contributed by atoms with van der Waals surface area (Å²) in [6.45, 7) is 1.59. The number of hydrogen-bond acceptors (Lipinski definition) is 4. The van der Waals surface area contributed by atoms with Crippen LogP contribution in [-0.4, -0.2) is 45.1 Å². The van der Waals surface area contributed by atoms with Crippen LogP contribution in [0, 0.1) is 0 Å². The first-order chi connectivity index (χ1) is 9.38. The number of aromatic amines is 1. The van der Waals surface area contributed by atoms with Crippen LogP contribution in [0.3, 0.4) is 0 Å². The first-order valence-electron chi connectivity index (χ1n) is 5.94. The van der Waals surface area contributed by atoms with Crippen molar-refractivity contribution in [1.82, 2.24) is 20.6 Å². The topological polar surface area (TPSA) is 150 Å². The Hall–Kier alpha value is -2.58. The number of carbonyl (C=O) groups excluding carboxylic acids is 2. The van der Waals surface area contributed by atoms with Crippen LogP contribution in [0.1, 0.15) is 19.0 Å². The van der Waals surface area contributed by atoms with Gasteiger partial charge in [-0.25, -0.2) is 14.6 Å². The fourth-order valence-corrected chi connectivity index (χ4v) is 1.59. The standard InChI is InChI=1S/C11H17N5O4/c1-6(2-9(12)17)15-11(20)16-8(10(18)19)3-7-4-13-5-14-7/h4-6,8H,2-3H2,1H3,(H2,12,17)(H,13,14)(H,18,19)(H2,15,16,20)/t6?,8-/m1/s1. The van der Waals surface area contributed by atoms with Crippen molar-refractivity contribution in [3.8, 4) is 0 Å². The number of rotatable bonds is 7. The Bertz CT molecular complexity index is 473. The van der Waals surface area contributed by atoms with Gasteiger partial charge in [-0.05, 0) is 6.92 Å². The van der Waals surface area contributed by atoms with Gasteiger partial charge in [0.1, 0.15) is 6.04 Å². The number of carboxylic acids is 1. The molecule has 1 unspecified atom stereocenters. The van der Waals surface area contributed by atoms with Gasteiger partial charge in [-0.3, -0.25) is 4.79 Å². The van der Waals surface area contributed by atoms with E-state index in [2.05, 4.69) is 20.6 Å². The number of carboxylic acid groups (broad SMARTS) is 1. The Labute approximate surface area is 114 Å². The van der Waals surface area contributed by atoms with Crippen molar-refractivity contribution >= 4 is 17.9 Å². The molecule has 0 saturated carbocycles. The van der Waals surface area contributed by atoms with E-state index in [1.165, 1.54) is 12.5 Å². The number of imidazole rings is 1. The molecule has 0 aliphatic rings. The molecule has 2 atom stereocenters. The number of primary amides is 1. The number of hydrogen-bond donors (Lipinski definition) is 5. The zero-order valence-corrected chi connectivity index (χ0v) is 10.9. The largest absolute Gasteiger partial charge is 0.480 e. The molecule has 1 aromatic rings. The van der Waals surface area contributed by atoms with E-state index in [9.17, 15) is 14.4 Å². The average molecular weight is 283 g/mol. The van der Waals surface area contributed by atoms with Gasteiger partial charge in [0.2, 0.25) is 5.91 Å². The molecule has 0 aliphatic heterocycles. The molecule has 1 rings (SSSR count). The van der Waals surface area contributed by atoms with E-state index in [0.29, 0.717) is 5.69 Å². The molecular weight excluding hydrogens is 266 g/mol. The van der Waals surface area contributed by atoms with Crippen molar-refractivity contribution < 1.29 is 19.5 Å². The Kier molecular flexibility index (Phi) is 5.51. The van der Waals surface area contributed by atoms with Gasteiger partial charge in [0.25, 0.3) is 0 Å². The van der Waals surface area contributed by atoms with Gasteiger partial charge < -0.3 is 26.5 Å². The van der Waals surface area contributed by atoms with Gasteiger partial charge in [-0.1, -0.05) is 0 Å². The van der Waals surface area contributed by atoms with E-state index in [1.54, 1.807) is 6.92 Å². The third kappa shape index (κ3) is 5.38. The lowest BCUT2D eigenvalue weighted by Gasteiger charge is -2.17. The SMILES string of the molecule is CC(CC(N)=O)NC(=O)N[C@H](Cc1cnc[nH]1)C(=O)O. The molecule has 1 aromatic heterocycles. The second-order valence-corrected chi connectivity index (χ2v) is 4.36. The number of nitrogens with two attached hydrogens (primary N) is 1. The minimum atomic E-state index is -1.17. The molecule has 0 spiro atoms. The summed E-state index contributed by atoms with van der Waals surface area (Å²) < 4.78 is 0. The molecule has 0 radical (unpaired) electrons. The normalized spacial score (nSPS) is 13.2. The molecule has 0 fully saturated rings. The first kappa shape index (κ1) is 15.5. The molecule has 0 aromatic carbocycles. The van der Waals surface area contributed by atoms with Crippen molar-refractivity contribution in [3.05, 3.63) is 18.2 Å². The second-order valence-electron chi connectivity index (χ2n) is 4.36. The number of aliphatic carboxylic acids is 1. The smallest absolute Gasteiger partial charge is 0.326 e. The predicted molar refractivity (Wildman–Crippen MR) is 68.7 cm³/mol. The van der Waals surface area contributed by atoms with Crippen LogP contribution in [0.4, 0.5) is 4.79 Å². The number of nitrogens with zero attached hydrogens (tertiary/aromatic N) is 1. The Morgan fingerprint density at radius 2 is 2.15 bits per heavy atom. The Balaban J connectivity index is 2.51. The molecule has 0 aliphatic carbocycles. The maximum Gasteiger partial charge on any atom is 0.326 e. The molecule has 0 bridgehead atoms. The lowest BCUT2D eigenvalue weighted by Crippen LogP contribution is -2.49. The van der Waals surface area contributed by atoms with Crippen molar-refractivity contribution in [2.24, 2.45) is 5.73 Å². The van der Waals surface area contributed by atoms with E-state index in [0.717, 1.165) is 0 Å². The highest BCUT2D eigenvalue weighted by Gasteiger charge is 2.21. The van der Waals surface area contributed by atoms with Crippen molar-refractivity contribution in [2.45, 2.75) is 31.8 Å². The van der Waals surface area contributed by atoms with Gasteiger partial charge in [-0.2, -0.15) is 0 Å². The zero-order valence-electron chi connectivity index (χ0n) is 10.9. The minimum Gasteiger partial charge on any atom is -0.480 e. The van der Waals surface area contributed by atoms with E-state index in [-0.39, 0.29) is 12.8 Å². The summed E-state index contributed by atoms with van der Waals surface area (Å²) in [5.74, 6) is -1.72. The van der Waals surface area contributed by atoms with E-state index in [1.807, 2.05) is 0 Å². The van der Waals surface area contributed by atoms with Gasteiger partial charge >= 0.3 is 12.0 Å². The number of H-pyrrole nitrogens is 1. The second kappa shape index (κ2) is 7.12. The fraction of sp³-hybridized carbons (Fsp3) is 0.455. The quantitative estimate of drug-likeness (QED) is 0.433. The third-order valence-corrected chi connectivity index (χ3v) is 2.47. The summed E-state index contributed by atoms with van der Waals surface area (Å²) in [6.07, 6.45) is 2.95. The van der Waals surface area contributed by atoms with Gasteiger partial charge in [0.05, 0.1) is 6.33 Å². The maximum absolute atomic E-state index is 11.6. The monoisotopic (exact) mass is 283 g/mol. The van der Waals surface area contributed by atoms with Crippen LogP contribution >= 0.6 is 0 Å². The Morgan fingerprint density at radius 3 is 2.65 bits per heavy atom. The van der Waals surface area contributed by atoms with Crippen LogP contribution in [0.25, 0.3) is 0 Å². The predicted octanol–water partition coefficient (Wildman–Crippen LogP) is -1.03. The Morgan fingerprint density at radius 1 is 1.45 bits per heavy atom. The molecule has 20 heavy (non-hydrogen) atoms. The highest BCUT2D eigenvalue weighted by atomic mass is 16.4. The van der Waals surface area contributed by atoms with Crippen molar-refractivity contribution in [1.29, 1.82) is 0 Å². The number of amides is 3. The number of nitrogens with one attached hydrogen (secondary N) is 3. The highest BCUT2D eigenvalue weighted by Crippen LogP contribution is 1.99. The number of carbonyl (C=O) groups is 3. The van der Waals surface area contributed by atoms with Crippen LogP contribution in [0.15, 0.2) is 12.5 Å². The minimum absolute atomic E-state index is 0.0221. The van der Waals surface area contributed by atoms with Crippen molar-refractivity contribution in [2.75, 3.05) is 0 Å². The summed E-state index contributed by atoms with van der Waals surface area (Å²) in [4.78, 5) is 39.9. The van der Waals surface area contributed by atoms with Crippen LogP contribution in [0.2, 0.25) is 0 Å². The van der Waals surface area contributed by atoms with Gasteiger partial charge in [0, 0.05) is 30.8 Å². The molecule has 1 heterocycles. The van der Waals surface area contributed by atoms with E-state index in [4.69, 9.17) is 10.8 Å². The molecular formula is C11H17N5O4. The van der Waals surface area contributed by atoms with Gasteiger partial charge in [0.15, 0.2) is 0 Å². The summed E-state index contributed by atoms with van der Waals surface area (Å²) in [5.41, 5.74) is 5.58. The number of urea groups is 1. The summed E-state index contributed by atoms with van der Waals surface area (Å²) in [5, 5.41) is 13.8. The van der Waals surface area contributed by atoms with Crippen molar-refractivity contribution in [3.63, 3.8) is 0 Å². The summed E-state index contributed by atoms with van der Waals surface area (Å²) >= 11 is 0. The molecule has 9 heteroatoms. The van der Waals surface area contributed by atoms with Gasteiger partial charge in [-0.15, -0.1) is 0 Å². The maximum atomic E-state index is 11.6. The summed E-state index contributed by atoms with van der Waals surface area (Å²) in [6, 6.07) is -2.25. The first-order valence-corrected chi connectivity index (χ1v) is 5.94. The molecule has 3 amide bonds. The molecule has 110 valence electrons. The molecule has 0 saturated heterocycles. The van der Waals surface area contributed by atoms with E-state index < -0.39 is 30.0 Å². The lowest BCUT2D eigenvalue weighted by atomic mass is 10.1. The lowest BCUT2D eigenvalue weighted by molar-refractivity contribution is -0.139. The number of aromatic nitrogens is 2.